The highest BCUT2D eigenvalue weighted by Crippen LogP contribution is 1.81. The van der Waals surface area contributed by atoms with Gasteiger partial charge in [-0.25, -0.2) is 0 Å². The molecule has 0 saturated carbocycles. The van der Waals surface area contributed by atoms with E-state index < -0.39 is 0 Å². The van der Waals surface area contributed by atoms with E-state index in [1.807, 2.05) is 0 Å². The van der Waals surface area contributed by atoms with Crippen molar-refractivity contribution in [2.75, 3.05) is 5.33 Å². The van der Waals surface area contributed by atoms with E-state index >= 15 is 0 Å². The Labute approximate surface area is 53.4 Å². The van der Waals surface area contributed by atoms with E-state index in [2.05, 4.69) is 34.7 Å². The summed E-state index contributed by atoms with van der Waals surface area (Å²) in [6, 6.07) is 0. The predicted molar refractivity (Wildman–Crippen MR) is 36.5 cm³/mol. The van der Waals surface area contributed by atoms with Gasteiger partial charge in [-0.2, -0.15) is 0 Å². The van der Waals surface area contributed by atoms with Gasteiger partial charge >= 0.3 is 0 Å². The summed E-state index contributed by atoms with van der Waals surface area (Å²) >= 11 is 3.21. The number of alkyl halides is 1. The SMILES string of the molecule is CCCC#CCBr. The number of hydrogen-bond donors (Lipinski definition) is 0. The van der Waals surface area contributed by atoms with Crippen molar-refractivity contribution in [1.29, 1.82) is 0 Å². The van der Waals surface area contributed by atoms with Crippen LogP contribution >= 0.6 is 15.9 Å². The lowest BCUT2D eigenvalue weighted by Crippen LogP contribution is -1.62. The van der Waals surface area contributed by atoms with Crippen molar-refractivity contribution in [3.63, 3.8) is 0 Å². The molecule has 0 spiro atoms. The Morgan fingerprint density at radius 1 is 1.43 bits per heavy atom. The third kappa shape index (κ3) is 6.04. The van der Waals surface area contributed by atoms with Crippen molar-refractivity contribution >= 4 is 15.9 Å². The molecule has 0 unspecified atom stereocenters. The Morgan fingerprint density at radius 3 is 2.57 bits per heavy atom. The summed E-state index contributed by atoms with van der Waals surface area (Å²) in [7, 11) is 0. The first-order valence-electron chi connectivity index (χ1n) is 2.43. The molecule has 0 aliphatic rings. The molecule has 0 aromatic rings. The zero-order chi connectivity index (χ0) is 5.54. The molecule has 0 aromatic carbocycles. The van der Waals surface area contributed by atoms with Gasteiger partial charge in [-0.1, -0.05) is 28.8 Å². The van der Waals surface area contributed by atoms with Crippen LogP contribution in [0.4, 0.5) is 0 Å². The molecule has 0 amide bonds. The molecule has 0 heterocycles. The number of rotatable bonds is 1. The van der Waals surface area contributed by atoms with E-state index in [4.69, 9.17) is 0 Å². The molecular weight excluding hydrogens is 152 g/mol. The minimum absolute atomic E-state index is 0.812. The highest BCUT2D eigenvalue weighted by atomic mass is 79.9. The number of hydrogen-bond acceptors (Lipinski definition) is 0. The van der Waals surface area contributed by atoms with E-state index in [0.29, 0.717) is 0 Å². The first kappa shape index (κ1) is 7.04. The fraction of sp³-hybridized carbons (Fsp3) is 0.667. The summed E-state index contributed by atoms with van der Waals surface area (Å²) in [5.41, 5.74) is 0. The van der Waals surface area contributed by atoms with Gasteiger partial charge in [-0.15, -0.1) is 5.92 Å². The predicted octanol–water partition coefficient (Wildman–Crippen LogP) is 2.18. The average molecular weight is 161 g/mol. The summed E-state index contributed by atoms with van der Waals surface area (Å²) in [5, 5.41) is 0.812. The normalized spacial score (nSPS) is 7.14. The van der Waals surface area contributed by atoms with Gasteiger partial charge in [-0.05, 0) is 6.42 Å². The molecule has 0 aliphatic carbocycles. The van der Waals surface area contributed by atoms with Crippen LogP contribution in [-0.2, 0) is 0 Å². The van der Waals surface area contributed by atoms with Crippen LogP contribution < -0.4 is 0 Å². The second-order valence-electron chi connectivity index (χ2n) is 1.24. The Balaban J connectivity index is 2.91. The van der Waals surface area contributed by atoms with Crippen LogP contribution in [0.15, 0.2) is 0 Å². The van der Waals surface area contributed by atoms with E-state index in [0.717, 1.165) is 11.8 Å². The molecule has 0 atom stereocenters. The van der Waals surface area contributed by atoms with Gasteiger partial charge in [0.05, 0.1) is 5.33 Å². The van der Waals surface area contributed by atoms with Crippen LogP contribution in [0, 0.1) is 11.8 Å². The van der Waals surface area contributed by atoms with Crippen LogP contribution in [0.3, 0.4) is 0 Å². The summed E-state index contributed by atoms with van der Waals surface area (Å²) in [6.45, 7) is 2.13. The van der Waals surface area contributed by atoms with Crippen LogP contribution in [0.5, 0.6) is 0 Å². The van der Waals surface area contributed by atoms with Crippen LogP contribution in [0.1, 0.15) is 19.8 Å². The highest BCUT2D eigenvalue weighted by molar-refractivity contribution is 9.09. The van der Waals surface area contributed by atoms with Crippen LogP contribution in [0.25, 0.3) is 0 Å². The number of unbranched alkanes of at least 4 members (excludes halogenated alkanes) is 1. The largest absolute Gasteiger partial charge is 0.102 e. The first-order valence-corrected chi connectivity index (χ1v) is 3.55. The number of halogens is 1. The van der Waals surface area contributed by atoms with Gasteiger partial charge < -0.3 is 0 Å². The minimum atomic E-state index is 0.812. The molecule has 0 rings (SSSR count). The summed E-state index contributed by atoms with van der Waals surface area (Å²) in [5.74, 6) is 5.90. The van der Waals surface area contributed by atoms with Gasteiger partial charge in [-0.3, -0.25) is 0 Å². The lowest BCUT2D eigenvalue weighted by Gasteiger charge is -1.73. The van der Waals surface area contributed by atoms with Crippen molar-refractivity contribution in [3.8, 4) is 11.8 Å². The Bertz CT molecular complexity index is 75.9. The average Bonchev–Trinajstić information content (AvgIpc) is 1.69. The smallest absolute Gasteiger partial charge is 0.0645 e. The monoisotopic (exact) mass is 160 g/mol. The van der Waals surface area contributed by atoms with Crippen LogP contribution in [-0.4, -0.2) is 5.33 Å². The van der Waals surface area contributed by atoms with Crippen molar-refractivity contribution in [1.82, 2.24) is 0 Å². The molecule has 0 N–H and O–H groups in total. The van der Waals surface area contributed by atoms with Gasteiger partial charge in [0.1, 0.15) is 0 Å². The maximum absolute atomic E-state index is 3.21. The van der Waals surface area contributed by atoms with Gasteiger partial charge in [0.15, 0.2) is 0 Å². The molecule has 0 radical (unpaired) electrons. The van der Waals surface area contributed by atoms with Crippen molar-refractivity contribution < 1.29 is 0 Å². The molecular formula is C6H9Br. The lowest BCUT2D eigenvalue weighted by atomic mass is 10.3. The molecule has 0 saturated heterocycles. The molecule has 0 aromatic heterocycles. The molecule has 0 nitrogen and oxygen atoms in total. The summed E-state index contributed by atoms with van der Waals surface area (Å²) in [6.07, 6.45) is 2.20. The van der Waals surface area contributed by atoms with Gasteiger partial charge in [0.25, 0.3) is 0 Å². The highest BCUT2D eigenvalue weighted by Gasteiger charge is 1.66. The van der Waals surface area contributed by atoms with Gasteiger partial charge in [0, 0.05) is 6.42 Å². The quantitative estimate of drug-likeness (QED) is 0.408. The molecule has 40 valence electrons. The van der Waals surface area contributed by atoms with Crippen LogP contribution in [0.2, 0.25) is 0 Å². The maximum Gasteiger partial charge on any atom is 0.0645 e. The Hall–Kier alpha value is 0.0400. The topological polar surface area (TPSA) is 0 Å². The maximum atomic E-state index is 3.21. The molecule has 0 fully saturated rings. The summed E-state index contributed by atoms with van der Waals surface area (Å²) < 4.78 is 0. The van der Waals surface area contributed by atoms with Gasteiger partial charge in [0.2, 0.25) is 0 Å². The Morgan fingerprint density at radius 2 is 2.14 bits per heavy atom. The second kappa shape index (κ2) is 6.04. The fourth-order valence-corrected chi connectivity index (χ4v) is 0.459. The van der Waals surface area contributed by atoms with E-state index in [1.165, 1.54) is 6.42 Å². The lowest BCUT2D eigenvalue weighted by molar-refractivity contribution is 0.983. The Kier molecular flexibility index (Phi) is 6.07. The van der Waals surface area contributed by atoms with E-state index in [1.54, 1.807) is 0 Å². The molecule has 0 bridgehead atoms. The summed E-state index contributed by atoms with van der Waals surface area (Å²) in [4.78, 5) is 0. The standard InChI is InChI=1S/C6H9Br/c1-2-3-4-5-6-7/h2-3,6H2,1H3. The fourth-order valence-electron chi connectivity index (χ4n) is 0.261. The van der Waals surface area contributed by atoms with E-state index in [9.17, 15) is 0 Å². The molecule has 0 aliphatic heterocycles. The molecule has 7 heavy (non-hydrogen) atoms. The third-order valence-corrected chi connectivity index (χ3v) is 0.847. The van der Waals surface area contributed by atoms with E-state index in [-0.39, 0.29) is 0 Å². The minimum Gasteiger partial charge on any atom is -0.102 e. The second-order valence-corrected chi connectivity index (χ2v) is 1.80. The third-order valence-electron chi connectivity index (χ3n) is 0.567. The van der Waals surface area contributed by atoms with Crippen molar-refractivity contribution in [3.05, 3.63) is 0 Å². The zero-order valence-corrected chi connectivity index (χ0v) is 6.09. The molecule has 1 heteroatoms. The first-order chi connectivity index (χ1) is 3.41. The zero-order valence-electron chi connectivity index (χ0n) is 4.50. The van der Waals surface area contributed by atoms with Crippen molar-refractivity contribution in [2.24, 2.45) is 0 Å². The van der Waals surface area contributed by atoms with Crippen molar-refractivity contribution in [2.45, 2.75) is 19.8 Å².